The Morgan fingerprint density at radius 3 is 2.25 bits per heavy atom. The third kappa shape index (κ3) is 7.26. The Bertz CT molecular complexity index is 796. The van der Waals surface area contributed by atoms with Gasteiger partial charge < -0.3 is 14.8 Å². The van der Waals surface area contributed by atoms with Crippen molar-refractivity contribution in [3.8, 4) is 0 Å². The molecule has 2 aromatic rings. The van der Waals surface area contributed by atoms with Crippen LogP contribution in [0.2, 0.25) is 0 Å². The topological polar surface area (TPSA) is 64.6 Å². The van der Waals surface area contributed by atoms with Crippen molar-refractivity contribution in [3.63, 3.8) is 0 Å². The summed E-state index contributed by atoms with van der Waals surface area (Å²) in [5.41, 5.74) is 0.697. The molecular formula is C19H17F4NO4. The highest BCUT2D eigenvalue weighted by atomic mass is 19.4. The molecule has 0 saturated heterocycles. The average molecular weight is 399 g/mol. The highest BCUT2D eigenvalue weighted by Crippen LogP contribution is 2.16. The van der Waals surface area contributed by atoms with Crippen LogP contribution in [0.25, 0.3) is 0 Å². The van der Waals surface area contributed by atoms with Crippen LogP contribution in [0.4, 0.5) is 22.4 Å². The Balaban J connectivity index is 2.03. The van der Waals surface area contributed by atoms with E-state index < -0.39 is 43.1 Å². The second-order valence-electron chi connectivity index (χ2n) is 5.78. The van der Waals surface area contributed by atoms with E-state index in [-0.39, 0.29) is 12.2 Å². The Labute approximate surface area is 158 Å². The third-order valence-corrected chi connectivity index (χ3v) is 3.55. The normalized spacial score (nSPS) is 12.1. The zero-order valence-electron chi connectivity index (χ0n) is 14.5. The average Bonchev–Trinajstić information content (AvgIpc) is 2.66. The van der Waals surface area contributed by atoms with Crippen molar-refractivity contribution in [2.45, 2.75) is 25.2 Å². The molecule has 0 heterocycles. The fourth-order valence-corrected chi connectivity index (χ4v) is 2.24. The van der Waals surface area contributed by atoms with Crippen molar-refractivity contribution in [1.82, 2.24) is 5.32 Å². The van der Waals surface area contributed by atoms with E-state index in [1.807, 2.05) is 0 Å². The van der Waals surface area contributed by atoms with Gasteiger partial charge in [0.1, 0.15) is 18.5 Å². The van der Waals surface area contributed by atoms with E-state index in [4.69, 9.17) is 4.74 Å². The van der Waals surface area contributed by atoms with Gasteiger partial charge in [-0.05, 0) is 17.2 Å². The maximum Gasteiger partial charge on any atom is 0.422 e. The quantitative estimate of drug-likeness (QED) is 0.569. The van der Waals surface area contributed by atoms with Crippen molar-refractivity contribution in [2.24, 2.45) is 0 Å². The minimum atomic E-state index is -4.73. The molecule has 0 saturated carbocycles. The standard InChI is InChI=1S/C19H17F4NO4/c20-15-9-5-4-8-14(15)10-16(17(25)28-12-19(21,22)23)24-18(26)27-11-13-6-2-1-3-7-13/h1-9,16H,10-12H2,(H,24,26). The maximum absolute atomic E-state index is 13.8. The maximum atomic E-state index is 13.8. The van der Waals surface area contributed by atoms with Crippen LogP contribution in [0.1, 0.15) is 11.1 Å². The summed E-state index contributed by atoms with van der Waals surface area (Å²) in [5, 5.41) is 2.13. The molecule has 0 aliphatic heterocycles. The number of rotatable bonds is 7. The number of esters is 1. The van der Waals surface area contributed by atoms with Gasteiger partial charge in [-0.1, -0.05) is 48.5 Å². The van der Waals surface area contributed by atoms with E-state index in [0.29, 0.717) is 5.56 Å². The van der Waals surface area contributed by atoms with Crippen molar-refractivity contribution >= 4 is 12.1 Å². The molecule has 0 fully saturated rings. The molecule has 0 aliphatic rings. The van der Waals surface area contributed by atoms with Gasteiger partial charge in [0.05, 0.1) is 0 Å². The second-order valence-corrected chi connectivity index (χ2v) is 5.78. The van der Waals surface area contributed by atoms with Crippen molar-refractivity contribution in [2.75, 3.05) is 6.61 Å². The zero-order valence-corrected chi connectivity index (χ0v) is 14.5. The number of carbonyl (C=O) groups is 2. The van der Waals surface area contributed by atoms with Crippen molar-refractivity contribution < 1.29 is 36.6 Å². The van der Waals surface area contributed by atoms with Crippen molar-refractivity contribution in [1.29, 1.82) is 0 Å². The Kier molecular flexibility index (Phi) is 7.36. The predicted octanol–water partition coefficient (Wildman–Crippen LogP) is 3.77. The first-order valence-electron chi connectivity index (χ1n) is 8.18. The van der Waals surface area contributed by atoms with E-state index >= 15 is 0 Å². The third-order valence-electron chi connectivity index (χ3n) is 3.55. The fourth-order valence-electron chi connectivity index (χ4n) is 2.24. The zero-order chi connectivity index (χ0) is 20.6. The Hall–Kier alpha value is -3.10. The monoisotopic (exact) mass is 399 g/mol. The van der Waals surface area contributed by atoms with Gasteiger partial charge in [-0.2, -0.15) is 13.2 Å². The van der Waals surface area contributed by atoms with Gasteiger partial charge in [-0.15, -0.1) is 0 Å². The summed E-state index contributed by atoms with van der Waals surface area (Å²) >= 11 is 0. The molecule has 1 atom stereocenters. The lowest BCUT2D eigenvalue weighted by Crippen LogP contribution is -2.44. The first kappa shape index (κ1) is 21.2. The highest BCUT2D eigenvalue weighted by Gasteiger charge is 2.32. The highest BCUT2D eigenvalue weighted by molar-refractivity contribution is 5.81. The summed E-state index contributed by atoms with van der Waals surface area (Å²) in [6, 6.07) is 12.4. The molecule has 5 nitrogen and oxygen atoms in total. The molecule has 9 heteroatoms. The van der Waals surface area contributed by atoms with E-state index in [9.17, 15) is 27.2 Å². The van der Waals surface area contributed by atoms with Gasteiger partial charge >= 0.3 is 18.2 Å². The SMILES string of the molecule is O=C(NC(Cc1ccccc1F)C(=O)OCC(F)(F)F)OCc1ccccc1. The van der Waals surface area contributed by atoms with E-state index in [2.05, 4.69) is 10.1 Å². The van der Waals surface area contributed by atoms with Crippen LogP contribution < -0.4 is 5.32 Å². The van der Waals surface area contributed by atoms with E-state index in [1.54, 1.807) is 30.3 Å². The van der Waals surface area contributed by atoms with Crippen LogP contribution in [0.15, 0.2) is 54.6 Å². The molecule has 2 aromatic carbocycles. The molecule has 28 heavy (non-hydrogen) atoms. The summed E-state index contributed by atoms with van der Waals surface area (Å²) in [6.45, 7) is -1.93. The second kappa shape index (κ2) is 9.72. The molecule has 150 valence electrons. The van der Waals surface area contributed by atoms with Crippen LogP contribution in [0.3, 0.4) is 0 Å². The Morgan fingerprint density at radius 1 is 0.964 bits per heavy atom. The number of alkyl halides is 3. The fraction of sp³-hybridized carbons (Fsp3) is 0.263. The van der Waals surface area contributed by atoms with Gasteiger partial charge in [0, 0.05) is 6.42 Å². The van der Waals surface area contributed by atoms with Crippen LogP contribution >= 0.6 is 0 Å². The van der Waals surface area contributed by atoms with Crippen LogP contribution in [0, 0.1) is 5.82 Å². The van der Waals surface area contributed by atoms with E-state index in [0.717, 1.165) is 6.07 Å². The number of hydrogen-bond acceptors (Lipinski definition) is 4. The molecule has 1 amide bonds. The summed E-state index contributed by atoms with van der Waals surface area (Å²) in [7, 11) is 0. The summed E-state index contributed by atoms with van der Waals surface area (Å²) in [5.74, 6) is -2.02. The molecule has 0 radical (unpaired) electrons. The minimum Gasteiger partial charge on any atom is -0.454 e. The first-order valence-corrected chi connectivity index (χ1v) is 8.18. The number of amides is 1. The molecule has 0 aliphatic carbocycles. The van der Waals surface area contributed by atoms with Gasteiger partial charge in [0.15, 0.2) is 6.61 Å². The summed E-state index contributed by atoms with van der Waals surface area (Å²) in [4.78, 5) is 24.0. The number of halogens is 4. The molecule has 0 spiro atoms. The largest absolute Gasteiger partial charge is 0.454 e. The first-order chi connectivity index (χ1) is 13.2. The number of hydrogen-bond donors (Lipinski definition) is 1. The lowest BCUT2D eigenvalue weighted by molar-refractivity contribution is -0.187. The van der Waals surface area contributed by atoms with Gasteiger partial charge in [-0.25, -0.2) is 14.0 Å². The van der Waals surface area contributed by atoms with Crippen LogP contribution in [-0.4, -0.2) is 30.9 Å². The minimum absolute atomic E-state index is 0.0276. The molecule has 0 aromatic heterocycles. The molecule has 0 bridgehead atoms. The number of carbonyl (C=O) groups excluding carboxylic acids is 2. The lowest BCUT2D eigenvalue weighted by atomic mass is 10.1. The van der Waals surface area contributed by atoms with Crippen LogP contribution in [0.5, 0.6) is 0 Å². The number of alkyl carbamates (subject to hydrolysis) is 1. The molecule has 1 unspecified atom stereocenters. The number of benzene rings is 2. The smallest absolute Gasteiger partial charge is 0.422 e. The molecule has 2 rings (SSSR count). The van der Waals surface area contributed by atoms with Crippen molar-refractivity contribution in [3.05, 3.63) is 71.5 Å². The lowest BCUT2D eigenvalue weighted by Gasteiger charge is -2.18. The van der Waals surface area contributed by atoms with Crippen LogP contribution in [-0.2, 0) is 27.3 Å². The van der Waals surface area contributed by atoms with Gasteiger partial charge in [0.25, 0.3) is 0 Å². The van der Waals surface area contributed by atoms with E-state index in [1.165, 1.54) is 18.2 Å². The van der Waals surface area contributed by atoms with Gasteiger partial charge in [0.2, 0.25) is 0 Å². The summed E-state index contributed by atoms with van der Waals surface area (Å²) < 4.78 is 59.8. The Morgan fingerprint density at radius 2 is 1.61 bits per heavy atom. The molecular weight excluding hydrogens is 382 g/mol. The number of nitrogens with one attached hydrogen (secondary N) is 1. The number of ether oxygens (including phenoxy) is 2. The predicted molar refractivity (Wildman–Crippen MR) is 90.7 cm³/mol. The summed E-state index contributed by atoms with van der Waals surface area (Å²) in [6.07, 6.45) is -6.18. The molecule has 1 N–H and O–H groups in total. The van der Waals surface area contributed by atoms with Gasteiger partial charge in [-0.3, -0.25) is 0 Å².